The van der Waals surface area contributed by atoms with Gasteiger partial charge in [-0.3, -0.25) is 14.4 Å². The molecule has 0 aromatic carbocycles. The van der Waals surface area contributed by atoms with Gasteiger partial charge in [-0.2, -0.15) is 0 Å². The number of unbranched alkanes of at least 4 members (excludes halogenated alkanes) is 13. The van der Waals surface area contributed by atoms with Gasteiger partial charge in [-0.1, -0.05) is 84.0 Å². The Balaban J connectivity index is 3.48. The highest BCUT2D eigenvalue weighted by Crippen LogP contribution is 2.14. The normalized spacial score (nSPS) is 11.8. The Labute approximate surface area is 193 Å². The Bertz CT molecular complexity index is 535. The summed E-state index contributed by atoms with van der Waals surface area (Å²) in [5.41, 5.74) is 0. The van der Waals surface area contributed by atoms with Crippen LogP contribution >= 0.6 is 0 Å². The number of carbonyl (C=O) groups excluding carboxylic acids is 2. The van der Waals surface area contributed by atoms with Crippen LogP contribution in [0.2, 0.25) is 0 Å². The smallest absolute Gasteiger partial charge is 0.326 e. The van der Waals surface area contributed by atoms with Crippen LogP contribution in [0.25, 0.3) is 0 Å². The van der Waals surface area contributed by atoms with Crippen LogP contribution in [0.15, 0.2) is 0 Å². The molecule has 0 aliphatic rings. The number of carboxylic acid groups (broad SMARTS) is 2. The van der Waals surface area contributed by atoms with Gasteiger partial charge >= 0.3 is 11.9 Å². The lowest BCUT2D eigenvalue weighted by Gasteiger charge is -2.14. The fraction of sp³-hybridized carbons (Fsp3) is 0.840. The molecular formula is C25H45NO6. The van der Waals surface area contributed by atoms with Crippen molar-refractivity contribution in [1.82, 2.24) is 5.32 Å². The molecule has 0 aliphatic carbocycles. The summed E-state index contributed by atoms with van der Waals surface area (Å²) in [5, 5.41) is 20.3. The van der Waals surface area contributed by atoms with Crippen molar-refractivity contribution >= 4 is 23.6 Å². The van der Waals surface area contributed by atoms with Crippen molar-refractivity contribution < 1.29 is 29.4 Å². The highest BCUT2D eigenvalue weighted by molar-refractivity contribution is 5.84. The van der Waals surface area contributed by atoms with Crippen LogP contribution in [0, 0.1) is 0 Å². The van der Waals surface area contributed by atoms with Crippen LogP contribution < -0.4 is 5.32 Å². The minimum atomic E-state index is -1.09. The predicted octanol–water partition coefficient (Wildman–Crippen LogP) is 5.64. The van der Waals surface area contributed by atoms with E-state index in [0.29, 0.717) is 19.3 Å². The summed E-state index contributed by atoms with van der Waals surface area (Å²) in [5.74, 6) is -2.02. The van der Waals surface area contributed by atoms with Crippen molar-refractivity contribution in [2.45, 2.75) is 135 Å². The SMILES string of the molecule is CCC(=O)CCC(NC(=O)CCCCCCCCCCCCCCCCC(=O)O)C(=O)O. The Morgan fingerprint density at radius 2 is 1.03 bits per heavy atom. The van der Waals surface area contributed by atoms with E-state index < -0.39 is 18.0 Å². The lowest BCUT2D eigenvalue weighted by molar-refractivity contribution is -0.142. The second-order valence-electron chi connectivity index (χ2n) is 8.73. The second kappa shape index (κ2) is 21.0. The zero-order valence-corrected chi connectivity index (χ0v) is 20.0. The molecule has 7 heteroatoms. The number of carbonyl (C=O) groups is 4. The molecule has 0 aromatic heterocycles. The number of rotatable bonds is 23. The molecule has 3 N–H and O–H groups in total. The number of amides is 1. The minimum Gasteiger partial charge on any atom is -0.481 e. The van der Waals surface area contributed by atoms with Crippen LogP contribution in [0.4, 0.5) is 0 Å². The number of hydrogen-bond donors (Lipinski definition) is 3. The van der Waals surface area contributed by atoms with Crippen molar-refractivity contribution in [3.05, 3.63) is 0 Å². The lowest BCUT2D eigenvalue weighted by atomic mass is 10.0. The van der Waals surface area contributed by atoms with E-state index in [1.54, 1.807) is 6.92 Å². The number of Topliss-reactive ketones (excluding diaryl/α,β-unsaturated/α-hetero) is 1. The van der Waals surface area contributed by atoms with Crippen LogP contribution in [0.1, 0.15) is 129 Å². The average Bonchev–Trinajstić information content (AvgIpc) is 2.75. The standard InChI is InChI=1S/C25H45NO6/c1-2-21(27)19-20-22(25(31)32)26-23(28)17-15-13-11-9-7-5-3-4-6-8-10-12-14-16-18-24(29)30/h22H,2-20H2,1H3,(H,26,28)(H,29,30)(H,31,32). The minimum absolute atomic E-state index is 0.00969. The third kappa shape index (κ3) is 20.0. The fourth-order valence-corrected chi connectivity index (χ4v) is 3.69. The Hall–Kier alpha value is -1.92. The Kier molecular flexibility index (Phi) is 19.7. The van der Waals surface area contributed by atoms with Crippen LogP contribution in [-0.4, -0.2) is 39.9 Å². The summed E-state index contributed by atoms with van der Waals surface area (Å²) in [6.07, 6.45) is 17.0. The number of carboxylic acids is 2. The first-order chi connectivity index (χ1) is 15.4. The fourth-order valence-electron chi connectivity index (χ4n) is 3.69. The first kappa shape index (κ1) is 30.1. The summed E-state index contributed by atoms with van der Waals surface area (Å²) >= 11 is 0. The lowest BCUT2D eigenvalue weighted by Crippen LogP contribution is -2.41. The highest BCUT2D eigenvalue weighted by Gasteiger charge is 2.20. The molecule has 0 radical (unpaired) electrons. The summed E-state index contributed by atoms with van der Waals surface area (Å²) in [7, 11) is 0. The molecule has 0 saturated heterocycles. The van der Waals surface area contributed by atoms with Gasteiger partial charge in [0.1, 0.15) is 11.8 Å². The topological polar surface area (TPSA) is 121 Å². The van der Waals surface area contributed by atoms with Gasteiger partial charge in [0, 0.05) is 25.7 Å². The number of aliphatic carboxylic acids is 2. The molecule has 32 heavy (non-hydrogen) atoms. The first-order valence-electron chi connectivity index (χ1n) is 12.6. The van der Waals surface area contributed by atoms with E-state index in [2.05, 4.69) is 5.32 Å². The molecule has 0 aromatic rings. The van der Waals surface area contributed by atoms with E-state index in [9.17, 15) is 24.3 Å². The molecule has 1 amide bonds. The van der Waals surface area contributed by atoms with Gasteiger partial charge in [-0.05, 0) is 19.3 Å². The van der Waals surface area contributed by atoms with Crippen molar-refractivity contribution in [3.63, 3.8) is 0 Å². The Morgan fingerprint density at radius 3 is 1.41 bits per heavy atom. The summed E-state index contributed by atoms with van der Waals surface area (Å²) < 4.78 is 0. The van der Waals surface area contributed by atoms with Gasteiger partial charge in [0.2, 0.25) is 5.91 Å². The van der Waals surface area contributed by atoms with Gasteiger partial charge < -0.3 is 15.5 Å². The molecule has 0 aliphatic heterocycles. The first-order valence-corrected chi connectivity index (χ1v) is 12.6. The quantitative estimate of drug-likeness (QED) is 0.171. The highest BCUT2D eigenvalue weighted by atomic mass is 16.4. The van der Waals surface area contributed by atoms with Gasteiger partial charge in [0.15, 0.2) is 0 Å². The molecule has 7 nitrogen and oxygen atoms in total. The molecule has 0 fully saturated rings. The van der Waals surface area contributed by atoms with Gasteiger partial charge in [-0.15, -0.1) is 0 Å². The van der Waals surface area contributed by atoms with Crippen LogP contribution in [0.3, 0.4) is 0 Å². The molecule has 186 valence electrons. The van der Waals surface area contributed by atoms with Gasteiger partial charge in [0.25, 0.3) is 0 Å². The second-order valence-corrected chi connectivity index (χ2v) is 8.73. The maximum absolute atomic E-state index is 12.0. The number of nitrogens with one attached hydrogen (secondary N) is 1. The average molecular weight is 456 g/mol. The Morgan fingerprint density at radius 1 is 0.625 bits per heavy atom. The maximum Gasteiger partial charge on any atom is 0.326 e. The molecule has 0 saturated carbocycles. The monoisotopic (exact) mass is 455 g/mol. The van der Waals surface area contributed by atoms with Crippen LogP contribution in [0.5, 0.6) is 0 Å². The number of hydrogen-bond acceptors (Lipinski definition) is 4. The summed E-state index contributed by atoms with van der Waals surface area (Å²) in [6, 6.07) is -0.977. The van der Waals surface area contributed by atoms with E-state index in [1.807, 2.05) is 0 Å². The van der Waals surface area contributed by atoms with Crippen molar-refractivity contribution in [1.29, 1.82) is 0 Å². The summed E-state index contributed by atoms with van der Waals surface area (Å²) in [6.45, 7) is 1.74. The van der Waals surface area contributed by atoms with Gasteiger partial charge in [0.05, 0.1) is 0 Å². The zero-order chi connectivity index (χ0) is 24.0. The molecule has 0 spiro atoms. The van der Waals surface area contributed by atoms with Crippen molar-refractivity contribution in [2.75, 3.05) is 0 Å². The van der Waals surface area contributed by atoms with Crippen molar-refractivity contribution in [2.24, 2.45) is 0 Å². The largest absolute Gasteiger partial charge is 0.481 e. The van der Waals surface area contributed by atoms with E-state index in [4.69, 9.17) is 5.11 Å². The number of ketones is 1. The summed E-state index contributed by atoms with van der Waals surface area (Å²) in [4.78, 5) is 44.9. The molecule has 1 atom stereocenters. The van der Waals surface area contributed by atoms with Crippen molar-refractivity contribution in [3.8, 4) is 0 Å². The maximum atomic E-state index is 12.0. The third-order valence-corrected chi connectivity index (χ3v) is 5.78. The third-order valence-electron chi connectivity index (χ3n) is 5.78. The van der Waals surface area contributed by atoms with E-state index in [0.717, 1.165) is 38.5 Å². The van der Waals surface area contributed by atoms with E-state index >= 15 is 0 Å². The predicted molar refractivity (Wildman–Crippen MR) is 126 cm³/mol. The van der Waals surface area contributed by atoms with Crippen LogP contribution in [-0.2, 0) is 19.2 Å². The van der Waals surface area contributed by atoms with E-state index in [1.165, 1.54) is 51.4 Å². The molecule has 0 rings (SSSR count). The molecule has 0 heterocycles. The molecule has 1 unspecified atom stereocenters. The molecule has 0 bridgehead atoms. The van der Waals surface area contributed by atoms with Gasteiger partial charge in [-0.25, -0.2) is 4.79 Å². The zero-order valence-electron chi connectivity index (χ0n) is 20.0. The molecular weight excluding hydrogens is 410 g/mol. The van der Waals surface area contributed by atoms with E-state index in [-0.39, 0.29) is 24.5 Å².